The molecule has 1 rings (SSSR count). The topological polar surface area (TPSA) is 63.1 Å². The first kappa shape index (κ1) is 12.2. The van der Waals surface area contributed by atoms with Crippen LogP contribution in [-0.2, 0) is 4.79 Å². The average Bonchev–Trinajstić information content (AvgIpc) is 2.01. The molecule has 0 unspecified atom stereocenters. The molecule has 0 fully saturated rings. The van der Waals surface area contributed by atoms with E-state index in [2.05, 4.69) is 9.97 Å². The van der Waals surface area contributed by atoms with Gasteiger partial charge in [0.1, 0.15) is 0 Å². The van der Waals surface area contributed by atoms with E-state index in [1.807, 2.05) is 6.92 Å². The van der Waals surface area contributed by atoms with Crippen molar-refractivity contribution in [2.24, 2.45) is 0 Å². The fraction of sp³-hybridized carbons (Fsp3) is 0.286. The molecule has 1 N–H and O–H groups in total. The number of carbonyl (C=O) groups is 1. The molecule has 0 amide bonds. The highest BCUT2D eigenvalue weighted by Gasteiger charge is 2.01. The number of aryl methyl sites for hydroxylation is 1. The van der Waals surface area contributed by atoms with Crippen LogP contribution < -0.4 is 0 Å². The lowest BCUT2D eigenvalue weighted by molar-refractivity contribution is -0.133. The summed E-state index contributed by atoms with van der Waals surface area (Å²) in [6.45, 7) is 1.84. The number of carboxylic acids is 1. The van der Waals surface area contributed by atoms with Gasteiger partial charge in [-0.05, 0) is 13.0 Å². The second kappa shape index (κ2) is 5.77. The van der Waals surface area contributed by atoms with E-state index in [1.165, 1.54) is 0 Å². The van der Waals surface area contributed by atoms with E-state index in [0.717, 1.165) is 17.5 Å². The molecule has 4 nitrogen and oxygen atoms in total. The molecule has 0 bridgehead atoms. The van der Waals surface area contributed by atoms with Gasteiger partial charge >= 0.3 is 5.97 Å². The second-order valence-electron chi connectivity index (χ2n) is 2.16. The lowest BCUT2D eigenvalue weighted by Gasteiger charge is -1.96. The van der Waals surface area contributed by atoms with Gasteiger partial charge in [0, 0.05) is 11.9 Å². The lowest BCUT2D eigenvalue weighted by Crippen LogP contribution is -1.99. The van der Waals surface area contributed by atoms with Gasteiger partial charge in [-0.25, -0.2) is 9.97 Å². The van der Waals surface area contributed by atoms with Gasteiger partial charge < -0.3 is 5.11 Å². The highest BCUT2D eigenvalue weighted by molar-refractivity contribution is 7.99. The largest absolute Gasteiger partial charge is 0.481 e. The zero-order valence-electron chi connectivity index (χ0n) is 6.93. The Hall–Kier alpha value is -0.810. The van der Waals surface area contributed by atoms with Gasteiger partial charge in [-0.1, -0.05) is 11.8 Å². The molecular weight excluding hydrogens is 212 g/mol. The third-order valence-corrected chi connectivity index (χ3v) is 1.94. The Labute approximate surface area is 86.2 Å². The summed E-state index contributed by atoms with van der Waals surface area (Å²) in [6, 6.07) is 1.77. The van der Waals surface area contributed by atoms with Crippen LogP contribution in [0.1, 0.15) is 5.69 Å². The van der Waals surface area contributed by atoms with Crippen LogP contribution in [0.25, 0.3) is 0 Å². The molecule has 0 aromatic carbocycles. The van der Waals surface area contributed by atoms with Crippen LogP contribution >= 0.6 is 24.2 Å². The molecule has 0 atom stereocenters. The zero-order chi connectivity index (χ0) is 8.97. The standard InChI is InChI=1S/C7H8N2O2S.ClH/c1-5-2-3-8-7(9-5)12-4-6(10)11;/h2-3H,4H2,1H3,(H,10,11);1H. The molecule has 0 saturated carbocycles. The smallest absolute Gasteiger partial charge is 0.313 e. The van der Waals surface area contributed by atoms with Crippen LogP contribution in [0.3, 0.4) is 0 Å². The number of rotatable bonds is 3. The van der Waals surface area contributed by atoms with E-state index >= 15 is 0 Å². The van der Waals surface area contributed by atoms with Gasteiger partial charge in [-0.15, -0.1) is 12.4 Å². The summed E-state index contributed by atoms with van der Waals surface area (Å²) in [7, 11) is 0. The number of hydrogen-bond donors (Lipinski definition) is 1. The monoisotopic (exact) mass is 220 g/mol. The number of thioether (sulfide) groups is 1. The Morgan fingerprint density at radius 1 is 1.69 bits per heavy atom. The highest BCUT2D eigenvalue weighted by Crippen LogP contribution is 2.11. The summed E-state index contributed by atoms with van der Waals surface area (Å²) in [4.78, 5) is 18.1. The van der Waals surface area contributed by atoms with Crippen LogP contribution in [0.2, 0.25) is 0 Å². The third kappa shape index (κ3) is 4.69. The molecule has 1 aromatic rings. The molecular formula is C7H9ClN2O2S. The molecule has 0 spiro atoms. The maximum atomic E-state index is 10.2. The van der Waals surface area contributed by atoms with Crippen LogP contribution in [0.5, 0.6) is 0 Å². The van der Waals surface area contributed by atoms with E-state index in [1.54, 1.807) is 12.3 Å². The molecule has 0 saturated heterocycles. The van der Waals surface area contributed by atoms with Crippen molar-refractivity contribution >= 4 is 30.1 Å². The van der Waals surface area contributed by atoms with Crippen LogP contribution in [0, 0.1) is 6.92 Å². The molecule has 1 aromatic heterocycles. The zero-order valence-corrected chi connectivity index (χ0v) is 8.56. The number of carboxylic acid groups (broad SMARTS) is 1. The normalized spacial score (nSPS) is 9.00. The fourth-order valence-electron chi connectivity index (χ4n) is 0.622. The number of hydrogen-bond acceptors (Lipinski definition) is 4. The quantitative estimate of drug-likeness (QED) is 0.616. The van der Waals surface area contributed by atoms with Crippen molar-refractivity contribution in [3.8, 4) is 0 Å². The van der Waals surface area contributed by atoms with Gasteiger partial charge in [0.05, 0.1) is 5.75 Å². The summed E-state index contributed by atoms with van der Waals surface area (Å²) in [5, 5.41) is 8.88. The molecule has 0 aliphatic carbocycles. The van der Waals surface area contributed by atoms with Crippen LogP contribution in [0.4, 0.5) is 0 Å². The van der Waals surface area contributed by atoms with Crippen molar-refractivity contribution < 1.29 is 9.90 Å². The Bertz CT molecular complexity index is 296. The van der Waals surface area contributed by atoms with Crippen molar-refractivity contribution in [1.29, 1.82) is 0 Å². The summed E-state index contributed by atoms with van der Waals surface area (Å²) in [5.41, 5.74) is 0.845. The first-order chi connectivity index (χ1) is 5.68. The molecule has 0 aliphatic rings. The minimum atomic E-state index is -0.856. The Balaban J connectivity index is 0.00000144. The molecule has 1 heterocycles. The van der Waals surface area contributed by atoms with Crippen molar-refractivity contribution in [3.63, 3.8) is 0 Å². The Kier molecular flexibility index (Phi) is 5.41. The predicted octanol–water partition coefficient (Wildman–Crippen LogP) is 1.38. The van der Waals surface area contributed by atoms with Crippen molar-refractivity contribution in [1.82, 2.24) is 9.97 Å². The number of halogens is 1. The SMILES string of the molecule is Cc1ccnc(SCC(=O)O)n1.Cl. The molecule has 0 radical (unpaired) electrons. The predicted molar refractivity (Wildman–Crippen MR) is 52.4 cm³/mol. The second-order valence-corrected chi connectivity index (χ2v) is 3.11. The minimum Gasteiger partial charge on any atom is -0.481 e. The van der Waals surface area contributed by atoms with E-state index in [9.17, 15) is 4.79 Å². The minimum absolute atomic E-state index is 0. The van der Waals surface area contributed by atoms with Gasteiger partial charge in [0.2, 0.25) is 0 Å². The van der Waals surface area contributed by atoms with E-state index in [4.69, 9.17) is 5.11 Å². The molecule has 13 heavy (non-hydrogen) atoms. The molecule has 6 heteroatoms. The van der Waals surface area contributed by atoms with Crippen molar-refractivity contribution in [2.45, 2.75) is 12.1 Å². The average molecular weight is 221 g/mol. The van der Waals surface area contributed by atoms with Gasteiger partial charge in [-0.3, -0.25) is 4.79 Å². The van der Waals surface area contributed by atoms with Gasteiger partial charge in [0.15, 0.2) is 5.16 Å². The fourth-order valence-corrected chi connectivity index (χ4v) is 1.22. The summed E-state index contributed by atoms with van der Waals surface area (Å²) >= 11 is 1.12. The Morgan fingerprint density at radius 2 is 2.38 bits per heavy atom. The summed E-state index contributed by atoms with van der Waals surface area (Å²) < 4.78 is 0. The first-order valence-corrected chi connectivity index (χ1v) is 4.31. The maximum absolute atomic E-state index is 10.2. The van der Waals surface area contributed by atoms with E-state index in [0.29, 0.717) is 5.16 Å². The third-order valence-electron chi connectivity index (χ3n) is 1.10. The van der Waals surface area contributed by atoms with Crippen molar-refractivity contribution in [2.75, 3.05) is 5.75 Å². The van der Waals surface area contributed by atoms with E-state index < -0.39 is 5.97 Å². The van der Waals surface area contributed by atoms with Crippen LogP contribution in [0.15, 0.2) is 17.4 Å². The van der Waals surface area contributed by atoms with Gasteiger partial charge in [-0.2, -0.15) is 0 Å². The maximum Gasteiger partial charge on any atom is 0.313 e. The first-order valence-electron chi connectivity index (χ1n) is 3.33. The lowest BCUT2D eigenvalue weighted by atomic mass is 10.5. The van der Waals surface area contributed by atoms with Crippen LogP contribution in [-0.4, -0.2) is 26.8 Å². The highest BCUT2D eigenvalue weighted by atomic mass is 35.5. The number of aliphatic carboxylic acids is 1. The van der Waals surface area contributed by atoms with E-state index in [-0.39, 0.29) is 18.2 Å². The number of nitrogens with zero attached hydrogens (tertiary/aromatic N) is 2. The summed E-state index contributed by atoms with van der Waals surface area (Å²) in [6.07, 6.45) is 1.62. The molecule has 0 aliphatic heterocycles. The number of aromatic nitrogens is 2. The molecule has 72 valence electrons. The summed E-state index contributed by atoms with van der Waals surface area (Å²) in [5.74, 6) is -0.853. The van der Waals surface area contributed by atoms with Gasteiger partial charge in [0.25, 0.3) is 0 Å². The van der Waals surface area contributed by atoms with Crippen molar-refractivity contribution in [3.05, 3.63) is 18.0 Å². The Morgan fingerprint density at radius 3 is 2.92 bits per heavy atom.